The number of amides is 4. The van der Waals surface area contributed by atoms with Crippen molar-refractivity contribution in [2.45, 2.75) is 111 Å². The SMILES string of the molecule is CCn1nc(CC(C)C)cc1C(=O)N[C@@H]1C[C@H]2C(=O)N[C@H](C(C)C)CC[C@@H](C)CC(=O)N[C@H](Cc3c[nH]c4ccccc34)C(=O)N2C1. The summed E-state index contributed by atoms with van der Waals surface area (Å²) in [5.74, 6) is -0.344. The second-order valence-corrected chi connectivity index (χ2v) is 14.3. The molecule has 2 saturated heterocycles. The van der Waals surface area contributed by atoms with Crippen LogP contribution in [0.15, 0.2) is 36.5 Å². The minimum absolute atomic E-state index is 0.0924. The Bertz CT molecular complexity index is 1590. The number of H-pyrrole nitrogens is 1. The summed E-state index contributed by atoms with van der Waals surface area (Å²) in [6, 6.07) is 7.48. The molecular formula is C36H51N7O4. The summed E-state index contributed by atoms with van der Waals surface area (Å²) in [6.07, 6.45) is 4.99. The summed E-state index contributed by atoms with van der Waals surface area (Å²) in [6.45, 7) is 13.1. The van der Waals surface area contributed by atoms with Gasteiger partial charge >= 0.3 is 0 Å². The van der Waals surface area contributed by atoms with Gasteiger partial charge in [-0.05, 0) is 68.1 Å². The third-order valence-corrected chi connectivity index (χ3v) is 9.57. The lowest BCUT2D eigenvalue weighted by Crippen LogP contribution is -2.55. The summed E-state index contributed by atoms with van der Waals surface area (Å²) in [5, 5.41) is 15.0. The van der Waals surface area contributed by atoms with Gasteiger partial charge in [0.25, 0.3) is 5.91 Å². The van der Waals surface area contributed by atoms with Crippen LogP contribution in [0, 0.1) is 17.8 Å². The molecular weight excluding hydrogens is 594 g/mol. The molecule has 0 spiro atoms. The lowest BCUT2D eigenvalue weighted by molar-refractivity contribution is -0.141. The number of aryl methyl sites for hydroxylation is 1. The van der Waals surface area contributed by atoms with Gasteiger partial charge in [0.1, 0.15) is 17.8 Å². The average Bonchev–Trinajstić information content (AvgIpc) is 3.74. The Morgan fingerprint density at radius 2 is 1.85 bits per heavy atom. The molecule has 47 heavy (non-hydrogen) atoms. The third-order valence-electron chi connectivity index (χ3n) is 9.57. The van der Waals surface area contributed by atoms with E-state index in [4.69, 9.17) is 0 Å². The molecule has 2 aromatic heterocycles. The molecule has 0 radical (unpaired) electrons. The first-order valence-electron chi connectivity index (χ1n) is 17.3. The monoisotopic (exact) mass is 645 g/mol. The van der Waals surface area contributed by atoms with Gasteiger partial charge in [-0.25, -0.2) is 0 Å². The normalized spacial score (nSPS) is 24.5. The molecule has 2 aliphatic heterocycles. The van der Waals surface area contributed by atoms with Gasteiger partial charge in [0.15, 0.2) is 0 Å². The molecule has 11 heteroatoms. The van der Waals surface area contributed by atoms with Crippen molar-refractivity contribution in [1.82, 2.24) is 35.6 Å². The van der Waals surface area contributed by atoms with Crippen LogP contribution < -0.4 is 16.0 Å². The zero-order valence-corrected chi connectivity index (χ0v) is 28.6. The fourth-order valence-corrected chi connectivity index (χ4v) is 7.01. The Morgan fingerprint density at radius 3 is 2.57 bits per heavy atom. The quantitative estimate of drug-likeness (QED) is 0.294. The summed E-state index contributed by atoms with van der Waals surface area (Å²) < 4.78 is 1.70. The maximum Gasteiger partial charge on any atom is 0.269 e. The number of aromatic amines is 1. The zero-order valence-electron chi connectivity index (χ0n) is 28.6. The highest BCUT2D eigenvalue weighted by molar-refractivity contribution is 5.95. The second-order valence-electron chi connectivity index (χ2n) is 14.3. The highest BCUT2D eigenvalue weighted by atomic mass is 16.2. The van der Waals surface area contributed by atoms with Crippen molar-refractivity contribution in [3.8, 4) is 0 Å². The molecule has 254 valence electrons. The van der Waals surface area contributed by atoms with Crippen molar-refractivity contribution in [3.05, 3.63) is 53.5 Å². The lowest BCUT2D eigenvalue weighted by Gasteiger charge is -2.30. The number of fused-ring (bicyclic) bond motifs is 2. The topological polar surface area (TPSA) is 141 Å². The van der Waals surface area contributed by atoms with Gasteiger partial charge in [-0.3, -0.25) is 23.9 Å². The molecule has 1 aromatic carbocycles. The standard InChI is InChI=1S/C36H51N7O4/c1-7-43-32(17-25(41-43)14-21(2)3)35(46)38-26-18-31-34(45)40-28(22(4)5)13-12-23(6)15-33(44)39-30(36(47)42(31)20-26)16-24-19-37-29-11-9-8-10-27(24)29/h8-11,17,19,21-23,26,28,30-31,37H,7,12-16,18,20H2,1-6H3,(H,38,46)(H,39,44)(H,40,45)/t23-,26-,28+,30-,31+/m1/s1. The molecule has 2 fully saturated rings. The molecule has 2 aliphatic rings. The minimum Gasteiger partial charge on any atom is -0.361 e. The summed E-state index contributed by atoms with van der Waals surface area (Å²) in [4.78, 5) is 60.3. The highest BCUT2D eigenvalue weighted by Gasteiger charge is 2.43. The van der Waals surface area contributed by atoms with E-state index in [0.717, 1.165) is 41.4 Å². The second kappa shape index (κ2) is 14.7. The number of benzene rings is 1. The average molecular weight is 646 g/mol. The van der Waals surface area contributed by atoms with E-state index in [1.54, 1.807) is 9.58 Å². The molecule has 4 heterocycles. The van der Waals surface area contributed by atoms with E-state index in [0.29, 0.717) is 24.6 Å². The van der Waals surface area contributed by atoms with E-state index in [1.165, 1.54) is 0 Å². The van der Waals surface area contributed by atoms with Gasteiger partial charge in [0, 0.05) is 55.1 Å². The molecule has 0 bridgehead atoms. The van der Waals surface area contributed by atoms with Crippen LogP contribution in [0.5, 0.6) is 0 Å². The van der Waals surface area contributed by atoms with Gasteiger partial charge in [0.2, 0.25) is 17.7 Å². The molecule has 0 saturated carbocycles. The van der Waals surface area contributed by atoms with E-state index in [-0.39, 0.29) is 60.9 Å². The van der Waals surface area contributed by atoms with Gasteiger partial charge in [-0.15, -0.1) is 0 Å². The highest BCUT2D eigenvalue weighted by Crippen LogP contribution is 2.26. The van der Waals surface area contributed by atoms with Gasteiger partial charge in [0.05, 0.1) is 5.69 Å². The maximum absolute atomic E-state index is 14.5. The van der Waals surface area contributed by atoms with E-state index < -0.39 is 18.1 Å². The Balaban J connectivity index is 1.44. The number of nitrogens with one attached hydrogen (secondary N) is 4. The van der Waals surface area contributed by atoms with Crippen molar-refractivity contribution in [1.29, 1.82) is 0 Å². The fraction of sp³-hybridized carbons (Fsp3) is 0.583. The van der Waals surface area contributed by atoms with E-state index >= 15 is 0 Å². The molecule has 0 unspecified atom stereocenters. The predicted molar refractivity (Wildman–Crippen MR) is 182 cm³/mol. The number of para-hydroxylation sites is 1. The van der Waals surface area contributed by atoms with Crippen molar-refractivity contribution in [2.75, 3.05) is 6.54 Å². The number of hydrogen-bond donors (Lipinski definition) is 4. The first-order valence-corrected chi connectivity index (χ1v) is 17.3. The number of rotatable bonds is 8. The van der Waals surface area contributed by atoms with E-state index in [9.17, 15) is 19.2 Å². The lowest BCUT2D eigenvalue weighted by atomic mass is 9.92. The molecule has 5 rings (SSSR count). The van der Waals surface area contributed by atoms with Crippen LogP contribution in [0.4, 0.5) is 0 Å². The molecule has 3 aromatic rings. The molecule has 4 N–H and O–H groups in total. The number of carbonyl (C=O) groups is 4. The molecule has 11 nitrogen and oxygen atoms in total. The molecule has 0 aliphatic carbocycles. The first-order chi connectivity index (χ1) is 22.4. The van der Waals surface area contributed by atoms with Gasteiger partial charge in [-0.2, -0.15) is 5.10 Å². The number of hydrogen-bond acceptors (Lipinski definition) is 5. The Labute approximate surface area is 277 Å². The third kappa shape index (κ3) is 8.05. The van der Waals surface area contributed by atoms with Crippen molar-refractivity contribution >= 4 is 34.5 Å². The maximum atomic E-state index is 14.5. The number of nitrogens with zero attached hydrogens (tertiary/aromatic N) is 3. The zero-order chi connectivity index (χ0) is 33.8. The summed E-state index contributed by atoms with van der Waals surface area (Å²) >= 11 is 0. The Hall–Kier alpha value is -4.15. The van der Waals surface area contributed by atoms with Crippen molar-refractivity contribution < 1.29 is 19.2 Å². The van der Waals surface area contributed by atoms with Crippen LogP contribution in [0.2, 0.25) is 0 Å². The fourth-order valence-electron chi connectivity index (χ4n) is 7.01. The number of carbonyl (C=O) groups excluding carboxylic acids is 4. The van der Waals surface area contributed by atoms with Crippen LogP contribution in [0.3, 0.4) is 0 Å². The van der Waals surface area contributed by atoms with Crippen LogP contribution in [-0.2, 0) is 33.8 Å². The molecule has 5 atom stereocenters. The van der Waals surface area contributed by atoms with Crippen LogP contribution in [-0.4, -0.2) is 74.0 Å². The predicted octanol–water partition coefficient (Wildman–Crippen LogP) is 3.97. The first kappa shape index (κ1) is 34.2. The number of aromatic nitrogens is 3. The van der Waals surface area contributed by atoms with Crippen LogP contribution in [0.25, 0.3) is 10.9 Å². The van der Waals surface area contributed by atoms with E-state index in [1.807, 2.05) is 50.4 Å². The van der Waals surface area contributed by atoms with E-state index in [2.05, 4.69) is 53.7 Å². The van der Waals surface area contributed by atoms with Crippen molar-refractivity contribution in [2.24, 2.45) is 17.8 Å². The van der Waals surface area contributed by atoms with Gasteiger partial charge in [-0.1, -0.05) is 52.8 Å². The van der Waals surface area contributed by atoms with Crippen molar-refractivity contribution in [3.63, 3.8) is 0 Å². The Kier molecular flexibility index (Phi) is 10.7. The summed E-state index contributed by atoms with van der Waals surface area (Å²) in [7, 11) is 0. The van der Waals surface area contributed by atoms with Crippen LogP contribution in [0.1, 0.15) is 89.0 Å². The van der Waals surface area contributed by atoms with Crippen LogP contribution >= 0.6 is 0 Å². The summed E-state index contributed by atoms with van der Waals surface area (Å²) in [5.41, 5.74) is 3.18. The smallest absolute Gasteiger partial charge is 0.269 e. The largest absolute Gasteiger partial charge is 0.361 e. The molecule has 4 amide bonds. The minimum atomic E-state index is -0.875. The van der Waals surface area contributed by atoms with Gasteiger partial charge < -0.3 is 25.8 Å². The Morgan fingerprint density at radius 1 is 1.09 bits per heavy atom.